The Morgan fingerprint density at radius 1 is 0.857 bits per heavy atom. The molecule has 0 radical (unpaired) electrons. The number of hydrogen-bond donors (Lipinski definition) is 1. The molecule has 0 bridgehead atoms. The van der Waals surface area contributed by atoms with Crippen molar-refractivity contribution in [1.82, 2.24) is 0 Å². The molecule has 0 amide bonds. The number of Topliss-reactive ketones (excluding diaryl/α,β-unsaturated/α-hetero) is 1. The highest BCUT2D eigenvalue weighted by molar-refractivity contribution is 6.42. The highest BCUT2D eigenvalue weighted by Gasteiger charge is 2.25. The maximum absolute atomic E-state index is 12.4. The molecule has 3 nitrogen and oxygen atoms in total. The fourth-order valence-corrected chi connectivity index (χ4v) is 2.44. The van der Waals surface area contributed by atoms with E-state index >= 15 is 0 Å². The van der Waals surface area contributed by atoms with E-state index in [4.69, 9.17) is 23.2 Å². The fourth-order valence-electron chi connectivity index (χ4n) is 2.14. The van der Waals surface area contributed by atoms with Gasteiger partial charge in [0, 0.05) is 22.9 Å². The Morgan fingerprint density at radius 2 is 1.57 bits per heavy atom. The lowest BCUT2D eigenvalue weighted by Crippen LogP contribution is -2.21. The van der Waals surface area contributed by atoms with Crippen molar-refractivity contribution in [2.75, 3.05) is 5.32 Å². The number of carbonyl (C=O) groups excluding carboxylic acids is 2. The Bertz CT molecular complexity index is 797. The Labute approximate surface area is 131 Å². The zero-order chi connectivity index (χ0) is 15.0. The number of allylic oxidation sites excluding steroid dienone is 2. The second-order valence-electron chi connectivity index (χ2n) is 4.55. The van der Waals surface area contributed by atoms with Crippen molar-refractivity contribution in [3.63, 3.8) is 0 Å². The molecule has 0 spiro atoms. The van der Waals surface area contributed by atoms with Gasteiger partial charge in [-0.2, -0.15) is 0 Å². The number of ketones is 2. The molecular formula is C16H9Cl2NO2. The molecular weight excluding hydrogens is 309 g/mol. The summed E-state index contributed by atoms with van der Waals surface area (Å²) >= 11 is 11.8. The predicted molar refractivity (Wildman–Crippen MR) is 83.3 cm³/mol. The van der Waals surface area contributed by atoms with E-state index in [2.05, 4.69) is 5.32 Å². The summed E-state index contributed by atoms with van der Waals surface area (Å²) < 4.78 is 0. The number of fused-ring (bicyclic) bond motifs is 1. The van der Waals surface area contributed by atoms with E-state index in [-0.39, 0.29) is 17.3 Å². The zero-order valence-electron chi connectivity index (χ0n) is 10.7. The van der Waals surface area contributed by atoms with Crippen LogP contribution in [0.5, 0.6) is 0 Å². The third-order valence-corrected chi connectivity index (χ3v) is 3.89. The minimum Gasteiger partial charge on any atom is -0.352 e. The molecule has 2 aromatic rings. The fraction of sp³-hybridized carbons (Fsp3) is 0. The van der Waals surface area contributed by atoms with Crippen LogP contribution in [0.3, 0.4) is 0 Å². The van der Waals surface area contributed by atoms with Gasteiger partial charge in [-0.3, -0.25) is 9.59 Å². The number of benzene rings is 2. The molecule has 2 aromatic carbocycles. The van der Waals surface area contributed by atoms with Gasteiger partial charge in [0.2, 0.25) is 5.78 Å². The van der Waals surface area contributed by atoms with Crippen LogP contribution < -0.4 is 5.32 Å². The molecule has 0 aliphatic heterocycles. The summed E-state index contributed by atoms with van der Waals surface area (Å²) in [6, 6.07) is 11.6. The number of rotatable bonds is 2. The summed E-state index contributed by atoms with van der Waals surface area (Å²) in [4.78, 5) is 24.4. The molecule has 0 fully saturated rings. The molecule has 1 N–H and O–H groups in total. The molecule has 0 atom stereocenters. The lowest BCUT2D eigenvalue weighted by Gasteiger charge is -2.16. The molecule has 21 heavy (non-hydrogen) atoms. The van der Waals surface area contributed by atoms with E-state index in [9.17, 15) is 9.59 Å². The van der Waals surface area contributed by atoms with Crippen LogP contribution >= 0.6 is 23.2 Å². The van der Waals surface area contributed by atoms with Crippen LogP contribution in [0.4, 0.5) is 5.69 Å². The van der Waals surface area contributed by atoms with E-state index in [1.54, 1.807) is 42.5 Å². The van der Waals surface area contributed by atoms with E-state index in [0.29, 0.717) is 26.9 Å². The van der Waals surface area contributed by atoms with E-state index in [0.717, 1.165) is 0 Å². The highest BCUT2D eigenvalue weighted by Crippen LogP contribution is 2.27. The average molecular weight is 318 g/mol. The number of halogens is 2. The molecule has 104 valence electrons. The second-order valence-corrected chi connectivity index (χ2v) is 5.37. The van der Waals surface area contributed by atoms with Crippen LogP contribution in [-0.2, 0) is 0 Å². The molecule has 0 unspecified atom stereocenters. The van der Waals surface area contributed by atoms with Crippen molar-refractivity contribution < 1.29 is 9.59 Å². The smallest absolute Gasteiger partial charge is 0.210 e. The first-order valence-electron chi connectivity index (χ1n) is 6.18. The van der Waals surface area contributed by atoms with Crippen molar-refractivity contribution in [3.05, 3.63) is 75.4 Å². The van der Waals surface area contributed by atoms with E-state index in [1.165, 1.54) is 6.08 Å². The number of nitrogens with one attached hydrogen (secondary N) is 1. The zero-order valence-corrected chi connectivity index (χ0v) is 12.2. The van der Waals surface area contributed by atoms with Gasteiger partial charge in [0.05, 0.1) is 15.7 Å². The summed E-state index contributed by atoms with van der Waals surface area (Å²) in [6.07, 6.45) is 1.30. The van der Waals surface area contributed by atoms with Crippen molar-refractivity contribution in [2.45, 2.75) is 0 Å². The van der Waals surface area contributed by atoms with Crippen LogP contribution in [0.1, 0.15) is 20.7 Å². The quantitative estimate of drug-likeness (QED) is 0.894. The first-order valence-corrected chi connectivity index (χ1v) is 6.93. The van der Waals surface area contributed by atoms with Crippen LogP contribution in [0.25, 0.3) is 0 Å². The Kier molecular flexibility index (Phi) is 3.53. The van der Waals surface area contributed by atoms with Gasteiger partial charge < -0.3 is 5.32 Å². The second kappa shape index (κ2) is 5.35. The summed E-state index contributed by atoms with van der Waals surface area (Å²) in [5.74, 6) is -0.427. The first-order chi connectivity index (χ1) is 10.1. The molecule has 0 heterocycles. The van der Waals surface area contributed by atoms with Gasteiger partial charge in [0.1, 0.15) is 0 Å². The van der Waals surface area contributed by atoms with Gasteiger partial charge >= 0.3 is 0 Å². The Balaban J connectivity index is 1.95. The van der Waals surface area contributed by atoms with Crippen molar-refractivity contribution in [1.29, 1.82) is 0 Å². The SMILES string of the molecule is O=C1C=C(Nc2ccc(Cl)c(Cl)c2)C(=O)c2ccccc21. The normalized spacial score (nSPS) is 13.7. The van der Waals surface area contributed by atoms with Crippen LogP contribution in [0.2, 0.25) is 10.0 Å². The molecule has 3 rings (SSSR count). The molecule has 5 heteroatoms. The van der Waals surface area contributed by atoms with E-state index in [1.807, 2.05) is 0 Å². The lowest BCUT2D eigenvalue weighted by atomic mass is 9.92. The topological polar surface area (TPSA) is 46.2 Å². The van der Waals surface area contributed by atoms with Crippen LogP contribution in [0, 0.1) is 0 Å². The Morgan fingerprint density at radius 3 is 2.29 bits per heavy atom. The number of hydrogen-bond acceptors (Lipinski definition) is 3. The van der Waals surface area contributed by atoms with Gasteiger partial charge in [-0.05, 0) is 18.2 Å². The predicted octanol–water partition coefficient (Wildman–Crippen LogP) is 4.37. The minimum absolute atomic E-state index is 0.201. The van der Waals surface area contributed by atoms with Crippen LogP contribution in [-0.4, -0.2) is 11.6 Å². The van der Waals surface area contributed by atoms with Gasteiger partial charge in [0.25, 0.3) is 0 Å². The average Bonchev–Trinajstić information content (AvgIpc) is 2.48. The maximum Gasteiger partial charge on any atom is 0.210 e. The third-order valence-electron chi connectivity index (χ3n) is 3.16. The molecule has 1 aliphatic rings. The van der Waals surface area contributed by atoms with Gasteiger partial charge in [-0.15, -0.1) is 0 Å². The Hall–Kier alpha value is -2.10. The molecule has 0 saturated carbocycles. The summed E-state index contributed by atoms with van der Waals surface area (Å²) in [5.41, 5.74) is 1.63. The van der Waals surface area contributed by atoms with E-state index < -0.39 is 0 Å². The van der Waals surface area contributed by atoms with Crippen LogP contribution in [0.15, 0.2) is 54.2 Å². The van der Waals surface area contributed by atoms with Crippen molar-refractivity contribution in [3.8, 4) is 0 Å². The summed E-state index contributed by atoms with van der Waals surface area (Å²) in [7, 11) is 0. The van der Waals surface area contributed by atoms with Gasteiger partial charge in [0.15, 0.2) is 5.78 Å². The number of anilines is 1. The monoisotopic (exact) mass is 317 g/mol. The molecule has 1 aliphatic carbocycles. The number of carbonyl (C=O) groups is 2. The summed E-state index contributed by atoms with van der Waals surface area (Å²) in [6.45, 7) is 0. The van der Waals surface area contributed by atoms with Gasteiger partial charge in [-0.1, -0.05) is 47.5 Å². The summed E-state index contributed by atoms with van der Waals surface area (Å²) in [5, 5.41) is 3.71. The standard InChI is InChI=1S/C16H9Cl2NO2/c17-12-6-5-9(7-13(12)18)19-14-8-15(20)10-3-1-2-4-11(10)16(14)21/h1-8,19H. The molecule has 0 aromatic heterocycles. The van der Waals surface area contributed by atoms with Crippen molar-refractivity contribution in [2.24, 2.45) is 0 Å². The maximum atomic E-state index is 12.4. The lowest BCUT2D eigenvalue weighted by molar-refractivity contribution is 0.0985. The van der Waals surface area contributed by atoms with Gasteiger partial charge in [-0.25, -0.2) is 0 Å². The minimum atomic E-state index is -0.226. The largest absolute Gasteiger partial charge is 0.352 e. The van der Waals surface area contributed by atoms with Crippen molar-refractivity contribution >= 4 is 40.5 Å². The molecule has 0 saturated heterocycles. The third kappa shape index (κ3) is 2.58. The highest BCUT2D eigenvalue weighted by atomic mass is 35.5. The first kappa shape index (κ1) is 13.9.